The second-order valence-corrected chi connectivity index (χ2v) is 6.77. The Kier molecular flexibility index (Phi) is 4.37. The van der Waals surface area contributed by atoms with Gasteiger partial charge in [-0.25, -0.2) is 0 Å². The van der Waals surface area contributed by atoms with E-state index in [4.69, 9.17) is 9.41 Å². The maximum absolute atomic E-state index is 5.40. The summed E-state index contributed by atoms with van der Waals surface area (Å²) in [6.45, 7) is 5.22. The molecule has 0 spiro atoms. The van der Waals surface area contributed by atoms with Gasteiger partial charge in [-0.1, -0.05) is 12.2 Å². The van der Waals surface area contributed by atoms with Crippen molar-refractivity contribution in [3.8, 4) is 0 Å². The van der Waals surface area contributed by atoms with Crippen molar-refractivity contribution in [3.05, 3.63) is 36.3 Å². The van der Waals surface area contributed by atoms with Crippen LogP contribution in [0.5, 0.6) is 0 Å². The predicted molar refractivity (Wildman–Crippen MR) is 91.6 cm³/mol. The molecule has 3 aliphatic rings. The van der Waals surface area contributed by atoms with Gasteiger partial charge in [-0.05, 0) is 31.4 Å². The molecule has 1 saturated heterocycles. The maximum Gasteiger partial charge on any atom is 0.194 e. The van der Waals surface area contributed by atoms with Gasteiger partial charge < -0.3 is 14.6 Å². The fraction of sp³-hybridized carbons (Fsp3) is 0.611. The summed E-state index contributed by atoms with van der Waals surface area (Å²) in [5.41, 5.74) is 0. The lowest BCUT2D eigenvalue weighted by Crippen LogP contribution is -2.43. The third-order valence-corrected chi connectivity index (χ3v) is 4.94. The number of hydrogen-bond donors (Lipinski definition) is 1. The molecule has 4 rings (SSSR count). The number of guanidine groups is 1. The zero-order valence-electron chi connectivity index (χ0n) is 13.7. The fourth-order valence-corrected chi connectivity index (χ4v) is 3.40. The van der Waals surface area contributed by atoms with Gasteiger partial charge in [0.1, 0.15) is 5.76 Å². The van der Waals surface area contributed by atoms with E-state index < -0.39 is 0 Å². The van der Waals surface area contributed by atoms with Crippen LogP contribution in [-0.2, 0) is 6.42 Å². The van der Waals surface area contributed by atoms with Crippen LogP contribution in [0.25, 0.3) is 0 Å². The molecular formula is C18H26N4O. The topological polar surface area (TPSA) is 44.0 Å². The number of nitrogens with one attached hydrogen (secondary N) is 1. The van der Waals surface area contributed by atoms with Crippen LogP contribution < -0.4 is 5.32 Å². The summed E-state index contributed by atoms with van der Waals surface area (Å²) >= 11 is 0. The minimum atomic E-state index is 0.643. The van der Waals surface area contributed by atoms with Crippen molar-refractivity contribution in [2.75, 3.05) is 32.7 Å². The molecule has 1 aromatic rings. The van der Waals surface area contributed by atoms with Crippen molar-refractivity contribution in [1.82, 2.24) is 15.1 Å². The third kappa shape index (κ3) is 3.78. The average Bonchev–Trinajstić information content (AvgIpc) is 3.06. The third-order valence-electron chi connectivity index (χ3n) is 4.94. The van der Waals surface area contributed by atoms with Crippen molar-refractivity contribution in [1.29, 1.82) is 0 Å². The van der Waals surface area contributed by atoms with Crippen molar-refractivity contribution < 1.29 is 4.42 Å². The molecule has 0 amide bonds. The van der Waals surface area contributed by atoms with Crippen molar-refractivity contribution in [2.24, 2.45) is 4.99 Å². The summed E-state index contributed by atoms with van der Waals surface area (Å²) in [6, 6.07) is 5.28. The molecule has 1 saturated carbocycles. The number of nitrogens with zero attached hydrogens (tertiary/aromatic N) is 3. The lowest BCUT2D eigenvalue weighted by atomic mass is 10.2. The Morgan fingerprint density at radius 1 is 1.26 bits per heavy atom. The molecule has 0 aromatic carbocycles. The zero-order valence-corrected chi connectivity index (χ0v) is 13.7. The van der Waals surface area contributed by atoms with Crippen LogP contribution in [0, 0.1) is 0 Å². The molecule has 5 nitrogen and oxygen atoms in total. The predicted octanol–water partition coefficient (Wildman–Crippen LogP) is 1.88. The molecule has 2 fully saturated rings. The largest absolute Gasteiger partial charge is 0.469 e. The smallest absolute Gasteiger partial charge is 0.194 e. The Morgan fingerprint density at radius 2 is 2.13 bits per heavy atom. The summed E-state index contributed by atoms with van der Waals surface area (Å²) in [5, 5.41) is 3.64. The Labute approximate surface area is 138 Å². The van der Waals surface area contributed by atoms with Gasteiger partial charge in [0.2, 0.25) is 0 Å². The highest BCUT2D eigenvalue weighted by Crippen LogP contribution is 2.22. The number of aliphatic imine (C=N–C) groups is 1. The van der Waals surface area contributed by atoms with Crippen LogP contribution in [-0.4, -0.2) is 60.6 Å². The second-order valence-electron chi connectivity index (χ2n) is 6.77. The van der Waals surface area contributed by atoms with E-state index >= 15 is 0 Å². The SMILES string of the molecule is C1=CCN(C2CCN(C(=NCCc3ccco3)NC3CC3)C2)C1. The van der Waals surface area contributed by atoms with Crippen LogP contribution in [0.1, 0.15) is 25.0 Å². The highest BCUT2D eigenvalue weighted by molar-refractivity contribution is 5.81. The average molecular weight is 314 g/mol. The van der Waals surface area contributed by atoms with Gasteiger partial charge >= 0.3 is 0 Å². The van der Waals surface area contributed by atoms with Crippen molar-refractivity contribution in [2.45, 2.75) is 37.8 Å². The van der Waals surface area contributed by atoms with E-state index in [-0.39, 0.29) is 0 Å². The van der Waals surface area contributed by atoms with Crippen LogP contribution in [0.3, 0.4) is 0 Å². The van der Waals surface area contributed by atoms with E-state index in [2.05, 4.69) is 27.3 Å². The minimum absolute atomic E-state index is 0.643. The van der Waals surface area contributed by atoms with E-state index in [1.165, 1.54) is 19.3 Å². The van der Waals surface area contributed by atoms with E-state index in [9.17, 15) is 0 Å². The van der Waals surface area contributed by atoms with Gasteiger partial charge in [0, 0.05) is 51.2 Å². The van der Waals surface area contributed by atoms with Gasteiger partial charge in [-0.15, -0.1) is 0 Å². The molecule has 0 radical (unpaired) electrons. The van der Waals surface area contributed by atoms with Gasteiger partial charge in [0.05, 0.1) is 6.26 Å². The number of rotatable bonds is 5. The summed E-state index contributed by atoms with van der Waals surface area (Å²) in [4.78, 5) is 9.87. The molecule has 23 heavy (non-hydrogen) atoms. The first-order chi connectivity index (χ1) is 11.4. The van der Waals surface area contributed by atoms with E-state index in [1.807, 2.05) is 12.1 Å². The normalized spacial score (nSPS) is 25.5. The maximum atomic E-state index is 5.40. The van der Waals surface area contributed by atoms with Crippen LogP contribution >= 0.6 is 0 Å². The molecule has 1 atom stereocenters. The summed E-state index contributed by atoms with van der Waals surface area (Å²) < 4.78 is 5.40. The van der Waals surface area contributed by atoms with Crippen molar-refractivity contribution >= 4 is 5.96 Å². The fourth-order valence-electron chi connectivity index (χ4n) is 3.40. The second kappa shape index (κ2) is 6.79. The van der Waals surface area contributed by atoms with E-state index in [0.717, 1.165) is 50.9 Å². The Bertz CT molecular complexity index is 554. The molecule has 2 aliphatic heterocycles. The molecule has 3 heterocycles. The summed E-state index contributed by atoms with van der Waals surface area (Å²) in [6.07, 6.45) is 11.0. The van der Waals surface area contributed by atoms with Crippen LogP contribution in [0.2, 0.25) is 0 Å². The van der Waals surface area contributed by atoms with E-state index in [1.54, 1.807) is 6.26 Å². The minimum Gasteiger partial charge on any atom is -0.469 e. The molecule has 1 aliphatic carbocycles. The molecule has 1 unspecified atom stereocenters. The van der Waals surface area contributed by atoms with Crippen LogP contribution in [0.15, 0.2) is 40.0 Å². The lowest BCUT2D eigenvalue weighted by molar-refractivity contribution is 0.259. The van der Waals surface area contributed by atoms with Gasteiger partial charge in [0.15, 0.2) is 5.96 Å². The first-order valence-electron chi connectivity index (χ1n) is 8.86. The first kappa shape index (κ1) is 14.8. The highest BCUT2D eigenvalue weighted by Gasteiger charge is 2.31. The monoisotopic (exact) mass is 314 g/mol. The molecule has 124 valence electrons. The zero-order chi connectivity index (χ0) is 15.5. The van der Waals surface area contributed by atoms with Gasteiger partial charge in [0.25, 0.3) is 0 Å². The number of hydrogen-bond acceptors (Lipinski definition) is 3. The molecular weight excluding hydrogens is 288 g/mol. The molecule has 5 heteroatoms. The van der Waals surface area contributed by atoms with E-state index in [0.29, 0.717) is 12.1 Å². The molecule has 0 bridgehead atoms. The van der Waals surface area contributed by atoms with Crippen molar-refractivity contribution in [3.63, 3.8) is 0 Å². The van der Waals surface area contributed by atoms with Gasteiger partial charge in [-0.3, -0.25) is 9.89 Å². The molecule has 1 N–H and O–H groups in total. The summed E-state index contributed by atoms with van der Waals surface area (Å²) in [5.74, 6) is 2.12. The highest BCUT2D eigenvalue weighted by atomic mass is 16.3. The number of likely N-dealkylation sites (tertiary alicyclic amines) is 1. The molecule has 1 aromatic heterocycles. The summed E-state index contributed by atoms with van der Waals surface area (Å²) in [7, 11) is 0. The Balaban J connectivity index is 1.35. The van der Waals surface area contributed by atoms with Crippen LogP contribution in [0.4, 0.5) is 0 Å². The first-order valence-corrected chi connectivity index (χ1v) is 8.86. The quantitative estimate of drug-likeness (QED) is 0.512. The Morgan fingerprint density at radius 3 is 2.87 bits per heavy atom. The van der Waals surface area contributed by atoms with Gasteiger partial charge in [-0.2, -0.15) is 0 Å². The number of furan rings is 1. The lowest BCUT2D eigenvalue weighted by Gasteiger charge is -2.25. The standard InChI is InChI=1S/C18H26N4O/c1-2-11-21(10-1)16-8-12-22(14-16)18(20-15-5-6-15)19-9-7-17-4-3-13-23-17/h1-4,13,15-16H,5-12,14H2,(H,19,20). The Hall–Kier alpha value is -1.75.